The predicted octanol–water partition coefficient (Wildman–Crippen LogP) is 4.82. The van der Waals surface area contributed by atoms with Gasteiger partial charge in [-0.1, -0.05) is 41.9 Å². The molecule has 0 bridgehead atoms. The Balaban J connectivity index is 1.41. The quantitative estimate of drug-likeness (QED) is 0.388. The molecule has 34 heavy (non-hydrogen) atoms. The van der Waals surface area contributed by atoms with Gasteiger partial charge in [0.25, 0.3) is 5.91 Å². The van der Waals surface area contributed by atoms with E-state index in [-0.39, 0.29) is 36.6 Å². The monoisotopic (exact) mass is 473 g/mol. The summed E-state index contributed by atoms with van der Waals surface area (Å²) in [4.78, 5) is 31.0. The van der Waals surface area contributed by atoms with Crippen LogP contribution in [0.5, 0.6) is 5.75 Å². The number of rotatable bonds is 5. The second-order valence-corrected chi connectivity index (χ2v) is 8.85. The van der Waals surface area contributed by atoms with Gasteiger partial charge in [0.05, 0.1) is 6.04 Å². The van der Waals surface area contributed by atoms with Crippen molar-refractivity contribution < 1.29 is 14.7 Å². The van der Waals surface area contributed by atoms with Crippen molar-refractivity contribution in [3.05, 3.63) is 100 Å². The van der Waals surface area contributed by atoms with Gasteiger partial charge in [-0.2, -0.15) is 0 Å². The van der Waals surface area contributed by atoms with Crippen molar-refractivity contribution >= 4 is 34.3 Å². The Kier molecular flexibility index (Phi) is 5.99. The van der Waals surface area contributed by atoms with Crippen LogP contribution in [0.15, 0.2) is 72.8 Å². The van der Waals surface area contributed by atoms with Gasteiger partial charge in [0.2, 0.25) is 5.91 Å². The van der Waals surface area contributed by atoms with Gasteiger partial charge >= 0.3 is 0 Å². The van der Waals surface area contributed by atoms with Crippen LogP contribution >= 0.6 is 11.6 Å². The van der Waals surface area contributed by atoms with E-state index in [2.05, 4.69) is 10.3 Å². The molecule has 1 unspecified atom stereocenters. The third-order valence-electron chi connectivity index (χ3n) is 6.26. The van der Waals surface area contributed by atoms with Crippen molar-refractivity contribution in [2.75, 3.05) is 13.1 Å². The van der Waals surface area contributed by atoms with Gasteiger partial charge in [-0.05, 0) is 60.0 Å². The van der Waals surface area contributed by atoms with E-state index in [1.807, 2.05) is 35.2 Å². The van der Waals surface area contributed by atoms with Gasteiger partial charge in [0, 0.05) is 46.7 Å². The minimum absolute atomic E-state index is 0.0657. The van der Waals surface area contributed by atoms with Crippen LogP contribution in [0.25, 0.3) is 10.9 Å². The van der Waals surface area contributed by atoms with Crippen LogP contribution in [-0.2, 0) is 11.2 Å². The number of nitrogens with zero attached hydrogens (tertiary/aromatic N) is 1. The number of amides is 2. The summed E-state index contributed by atoms with van der Waals surface area (Å²) in [5.74, 6) is -0.123. The van der Waals surface area contributed by atoms with E-state index in [0.717, 1.165) is 27.7 Å². The first kappa shape index (κ1) is 22.0. The number of aromatic hydroxyl groups is 1. The molecule has 1 aliphatic heterocycles. The summed E-state index contributed by atoms with van der Waals surface area (Å²) in [6, 6.07) is 21.3. The molecule has 5 rings (SSSR count). The van der Waals surface area contributed by atoms with Gasteiger partial charge in [-0.3, -0.25) is 9.59 Å². The van der Waals surface area contributed by atoms with Crippen molar-refractivity contribution in [1.82, 2.24) is 15.2 Å². The number of hydrogen-bond acceptors (Lipinski definition) is 3. The van der Waals surface area contributed by atoms with Gasteiger partial charge in [0.15, 0.2) is 0 Å². The van der Waals surface area contributed by atoms with Crippen LogP contribution in [0.3, 0.4) is 0 Å². The first-order chi connectivity index (χ1) is 16.5. The molecule has 7 heteroatoms. The van der Waals surface area contributed by atoms with Crippen LogP contribution < -0.4 is 5.32 Å². The lowest BCUT2D eigenvalue weighted by Gasteiger charge is -2.36. The normalized spacial score (nSPS) is 15.2. The SMILES string of the molecule is O=C(NCCC(=O)N1CCc2c([nH]c3ccc(Cl)cc23)C1c1cccc(O)c1)c1ccccc1. The Morgan fingerprint density at radius 2 is 1.88 bits per heavy atom. The zero-order valence-electron chi connectivity index (χ0n) is 18.4. The highest BCUT2D eigenvalue weighted by Gasteiger charge is 2.34. The number of carbonyl (C=O) groups is 2. The highest BCUT2D eigenvalue weighted by Crippen LogP contribution is 2.40. The molecule has 3 N–H and O–H groups in total. The molecule has 0 saturated carbocycles. The number of phenolic OH excluding ortho intramolecular Hbond substituents is 1. The molecule has 6 nitrogen and oxygen atoms in total. The molecular weight excluding hydrogens is 450 g/mol. The summed E-state index contributed by atoms with van der Waals surface area (Å²) in [6.45, 7) is 0.767. The molecule has 0 saturated heterocycles. The molecule has 172 valence electrons. The summed E-state index contributed by atoms with van der Waals surface area (Å²) in [7, 11) is 0. The van der Waals surface area contributed by atoms with Crippen molar-refractivity contribution in [3.63, 3.8) is 0 Å². The molecule has 1 atom stereocenters. The number of fused-ring (bicyclic) bond motifs is 3. The fourth-order valence-corrected chi connectivity index (χ4v) is 4.86. The number of nitrogens with one attached hydrogen (secondary N) is 2. The third kappa shape index (κ3) is 4.24. The smallest absolute Gasteiger partial charge is 0.251 e. The number of hydrogen-bond donors (Lipinski definition) is 3. The molecule has 0 aliphatic carbocycles. The molecule has 1 aliphatic rings. The van der Waals surface area contributed by atoms with Crippen LogP contribution in [0.2, 0.25) is 5.02 Å². The summed E-state index contributed by atoms with van der Waals surface area (Å²) in [6.07, 6.45) is 0.863. The second kappa shape index (κ2) is 9.23. The lowest BCUT2D eigenvalue weighted by atomic mass is 9.92. The van der Waals surface area contributed by atoms with E-state index >= 15 is 0 Å². The summed E-state index contributed by atoms with van der Waals surface area (Å²) < 4.78 is 0. The molecular formula is C27H24ClN3O3. The molecule has 2 heterocycles. The third-order valence-corrected chi connectivity index (χ3v) is 6.49. The maximum absolute atomic E-state index is 13.3. The number of H-pyrrole nitrogens is 1. The van der Waals surface area contributed by atoms with Crippen molar-refractivity contribution in [3.8, 4) is 5.75 Å². The minimum atomic E-state index is -0.376. The average Bonchev–Trinajstić information content (AvgIpc) is 3.21. The number of phenols is 1. The lowest BCUT2D eigenvalue weighted by molar-refractivity contribution is -0.133. The Hall–Kier alpha value is -3.77. The largest absolute Gasteiger partial charge is 0.508 e. The van der Waals surface area contributed by atoms with E-state index in [1.54, 1.807) is 42.5 Å². The minimum Gasteiger partial charge on any atom is -0.508 e. The van der Waals surface area contributed by atoms with Gasteiger partial charge in [0.1, 0.15) is 5.75 Å². The van der Waals surface area contributed by atoms with E-state index in [9.17, 15) is 14.7 Å². The van der Waals surface area contributed by atoms with E-state index in [0.29, 0.717) is 23.6 Å². The van der Waals surface area contributed by atoms with Crippen molar-refractivity contribution in [2.45, 2.75) is 18.9 Å². The fraction of sp³-hybridized carbons (Fsp3) is 0.185. The van der Waals surface area contributed by atoms with Gasteiger partial charge in [-0.25, -0.2) is 0 Å². The number of carbonyl (C=O) groups excluding carboxylic acids is 2. The maximum atomic E-state index is 13.3. The Morgan fingerprint density at radius 1 is 1.06 bits per heavy atom. The number of benzene rings is 3. The number of halogens is 1. The average molecular weight is 474 g/mol. The second-order valence-electron chi connectivity index (χ2n) is 8.41. The number of aromatic amines is 1. The maximum Gasteiger partial charge on any atom is 0.251 e. The molecule has 1 aromatic heterocycles. The first-order valence-electron chi connectivity index (χ1n) is 11.2. The topological polar surface area (TPSA) is 85.4 Å². The molecule has 4 aromatic rings. The van der Waals surface area contributed by atoms with Crippen LogP contribution in [0.1, 0.15) is 39.6 Å². The van der Waals surface area contributed by atoms with Crippen LogP contribution in [0.4, 0.5) is 0 Å². The van der Waals surface area contributed by atoms with Gasteiger partial charge in [-0.15, -0.1) is 0 Å². The Bertz CT molecular complexity index is 1370. The molecule has 0 radical (unpaired) electrons. The van der Waals surface area contributed by atoms with E-state index < -0.39 is 0 Å². The summed E-state index contributed by atoms with van der Waals surface area (Å²) in [5.41, 5.74) is 4.40. The zero-order chi connectivity index (χ0) is 23.7. The highest BCUT2D eigenvalue weighted by molar-refractivity contribution is 6.31. The van der Waals surface area contributed by atoms with Crippen LogP contribution in [0, 0.1) is 0 Å². The molecule has 3 aromatic carbocycles. The standard InChI is InChI=1S/C27H24ClN3O3/c28-19-9-10-23-22(16-19)21-12-14-31(26(25(21)30-23)18-7-4-8-20(32)15-18)24(33)11-13-29-27(34)17-5-2-1-3-6-17/h1-10,15-16,26,30,32H,11-14H2,(H,29,34). The predicted molar refractivity (Wildman–Crippen MR) is 132 cm³/mol. The fourth-order valence-electron chi connectivity index (χ4n) is 4.69. The van der Waals surface area contributed by atoms with E-state index in [1.165, 1.54) is 0 Å². The molecule has 0 spiro atoms. The lowest BCUT2D eigenvalue weighted by Crippen LogP contribution is -2.42. The summed E-state index contributed by atoms with van der Waals surface area (Å²) in [5, 5.41) is 14.7. The first-order valence-corrected chi connectivity index (χ1v) is 11.6. The number of aromatic nitrogens is 1. The Morgan fingerprint density at radius 3 is 2.68 bits per heavy atom. The highest BCUT2D eigenvalue weighted by atomic mass is 35.5. The zero-order valence-corrected chi connectivity index (χ0v) is 19.2. The molecule has 2 amide bonds. The van der Waals surface area contributed by atoms with E-state index in [4.69, 9.17) is 11.6 Å². The molecule has 0 fully saturated rings. The van der Waals surface area contributed by atoms with Gasteiger partial charge < -0.3 is 20.3 Å². The Labute approximate surface area is 202 Å². The van der Waals surface area contributed by atoms with Crippen molar-refractivity contribution in [2.24, 2.45) is 0 Å². The summed E-state index contributed by atoms with van der Waals surface area (Å²) >= 11 is 6.25. The van der Waals surface area contributed by atoms with Crippen LogP contribution in [-0.4, -0.2) is 39.9 Å². The van der Waals surface area contributed by atoms with Crippen molar-refractivity contribution in [1.29, 1.82) is 0 Å².